The molecule has 0 saturated carbocycles. The molecule has 0 spiro atoms. The lowest BCUT2D eigenvalue weighted by Crippen LogP contribution is -2.63. The molecular weight excluding hydrogens is 198 g/mol. The Bertz CT molecular complexity index is 258. The van der Waals surface area contributed by atoms with Gasteiger partial charge in [-0.15, -0.1) is 0 Å². The van der Waals surface area contributed by atoms with Crippen molar-refractivity contribution in [2.75, 3.05) is 6.61 Å². The molecule has 4 atom stereocenters. The number of aliphatic hydroxyl groups is 3. The van der Waals surface area contributed by atoms with Crippen LogP contribution in [-0.2, 0) is 4.79 Å². The molecule has 5 nitrogen and oxygen atoms in total. The molecule has 2 aliphatic rings. The molecule has 15 heavy (non-hydrogen) atoms. The average Bonchev–Trinajstić information content (AvgIpc) is 2.21. The third kappa shape index (κ3) is 1.75. The Hall–Kier alpha value is -0.650. The van der Waals surface area contributed by atoms with Crippen LogP contribution in [0.2, 0.25) is 0 Å². The molecule has 1 amide bonds. The smallest absolute Gasteiger partial charge is 0.223 e. The van der Waals surface area contributed by atoms with Crippen molar-refractivity contribution < 1.29 is 20.1 Å². The standard InChI is InChI=1S/C10H17NO4/c12-5-7-10(15)8(13)4-6-2-1-3-9(14)11(6)7/h6-8,10,12-13,15H,1-5H2/t6-,7-,8+,10-/m0/s1. The Balaban J connectivity index is 2.21. The zero-order valence-electron chi connectivity index (χ0n) is 8.54. The number of nitrogens with zero attached hydrogens (tertiary/aromatic N) is 1. The molecule has 2 saturated heterocycles. The average molecular weight is 215 g/mol. The fourth-order valence-electron chi connectivity index (χ4n) is 2.68. The van der Waals surface area contributed by atoms with Gasteiger partial charge in [0.25, 0.3) is 0 Å². The monoisotopic (exact) mass is 215 g/mol. The molecule has 5 heteroatoms. The van der Waals surface area contributed by atoms with Crippen LogP contribution in [0.15, 0.2) is 0 Å². The van der Waals surface area contributed by atoms with Crippen LogP contribution in [0.5, 0.6) is 0 Å². The summed E-state index contributed by atoms with van der Waals surface area (Å²) in [4.78, 5) is 13.2. The van der Waals surface area contributed by atoms with Crippen molar-refractivity contribution in [3.05, 3.63) is 0 Å². The molecule has 2 rings (SSSR count). The number of hydrogen-bond donors (Lipinski definition) is 3. The minimum absolute atomic E-state index is 0.0122. The van der Waals surface area contributed by atoms with Gasteiger partial charge in [0.05, 0.1) is 18.8 Å². The lowest BCUT2D eigenvalue weighted by molar-refractivity contribution is -0.161. The summed E-state index contributed by atoms with van der Waals surface area (Å²) in [6.45, 7) is -0.291. The molecule has 0 aromatic carbocycles. The highest BCUT2D eigenvalue weighted by Gasteiger charge is 2.44. The van der Waals surface area contributed by atoms with Crippen molar-refractivity contribution >= 4 is 5.91 Å². The summed E-state index contributed by atoms with van der Waals surface area (Å²) in [5.74, 6) is -0.0174. The number of fused-ring (bicyclic) bond motifs is 1. The van der Waals surface area contributed by atoms with Crippen molar-refractivity contribution in [3.63, 3.8) is 0 Å². The number of rotatable bonds is 1. The fraction of sp³-hybridized carbons (Fsp3) is 0.900. The molecule has 2 aliphatic heterocycles. The summed E-state index contributed by atoms with van der Waals surface area (Å²) in [7, 11) is 0. The second-order valence-electron chi connectivity index (χ2n) is 4.39. The molecule has 0 bridgehead atoms. The van der Waals surface area contributed by atoms with E-state index in [-0.39, 0.29) is 18.6 Å². The Morgan fingerprint density at radius 1 is 1.40 bits per heavy atom. The van der Waals surface area contributed by atoms with E-state index in [0.29, 0.717) is 12.8 Å². The van der Waals surface area contributed by atoms with E-state index in [1.807, 2.05) is 0 Å². The van der Waals surface area contributed by atoms with Gasteiger partial charge >= 0.3 is 0 Å². The van der Waals surface area contributed by atoms with Gasteiger partial charge in [-0.05, 0) is 19.3 Å². The van der Waals surface area contributed by atoms with Gasteiger partial charge in [-0.3, -0.25) is 4.79 Å². The molecule has 2 fully saturated rings. The third-order valence-electron chi connectivity index (χ3n) is 3.46. The highest BCUT2D eigenvalue weighted by molar-refractivity contribution is 5.78. The summed E-state index contributed by atoms with van der Waals surface area (Å²) in [6.07, 6.45) is 0.745. The minimum atomic E-state index is -1.02. The first kappa shape index (κ1) is 10.9. The largest absolute Gasteiger partial charge is 0.394 e. The Kier molecular flexibility index (Phi) is 2.95. The lowest BCUT2D eigenvalue weighted by Gasteiger charge is -2.48. The molecule has 86 valence electrons. The maximum Gasteiger partial charge on any atom is 0.223 e. The third-order valence-corrected chi connectivity index (χ3v) is 3.46. The second-order valence-corrected chi connectivity index (χ2v) is 4.39. The topological polar surface area (TPSA) is 81.0 Å². The maximum atomic E-state index is 11.7. The van der Waals surface area contributed by atoms with Crippen molar-refractivity contribution in [2.24, 2.45) is 0 Å². The van der Waals surface area contributed by atoms with Crippen LogP contribution in [0.1, 0.15) is 25.7 Å². The van der Waals surface area contributed by atoms with Crippen molar-refractivity contribution in [2.45, 2.75) is 50.0 Å². The van der Waals surface area contributed by atoms with Gasteiger partial charge in [-0.2, -0.15) is 0 Å². The number of carbonyl (C=O) groups excluding carboxylic acids is 1. The first-order valence-corrected chi connectivity index (χ1v) is 5.43. The Morgan fingerprint density at radius 2 is 2.13 bits per heavy atom. The zero-order chi connectivity index (χ0) is 11.0. The molecule has 0 unspecified atom stereocenters. The van der Waals surface area contributed by atoms with Gasteiger partial charge in [-0.25, -0.2) is 0 Å². The van der Waals surface area contributed by atoms with Crippen LogP contribution in [0.3, 0.4) is 0 Å². The zero-order valence-corrected chi connectivity index (χ0v) is 8.54. The molecule has 0 radical (unpaired) electrons. The summed E-state index contributed by atoms with van der Waals surface area (Å²) in [5.41, 5.74) is 0. The quantitative estimate of drug-likeness (QED) is 0.516. The minimum Gasteiger partial charge on any atom is -0.394 e. The lowest BCUT2D eigenvalue weighted by atomic mass is 9.85. The fourth-order valence-corrected chi connectivity index (χ4v) is 2.68. The molecule has 0 aromatic rings. The van der Waals surface area contributed by atoms with Crippen LogP contribution in [0.25, 0.3) is 0 Å². The number of aliphatic hydroxyl groups excluding tert-OH is 3. The van der Waals surface area contributed by atoms with Crippen molar-refractivity contribution in [3.8, 4) is 0 Å². The highest BCUT2D eigenvalue weighted by Crippen LogP contribution is 2.31. The van der Waals surface area contributed by atoms with E-state index >= 15 is 0 Å². The first-order valence-electron chi connectivity index (χ1n) is 5.43. The SMILES string of the molecule is O=C1CCC[C@H]2C[C@@H](O)[C@@H](O)[C@H](CO)N12. The number of carbonyl (C=O) groups is 1. The number of piperidine rings is 2. The molecular formula is C10H17NO4. The van der Waals surface area contributed by atoms with Gasteiger partial charge in [0.2, 0.25) is 5.91 Å². The predicted molar refractivity (Wildman–Crippen MR) is 52.0 cm³/mol. The molecule has 3 N–H and O–H groups in total. The van der Waals surface area contributed by atoms with Gasteiger partial charge < -0.3 is 20.2 Å². The maximum absolute atomic E-state index is 11.7. The Labute approximate surface area is 88.3 Å². The summed E-state index contributed by atoms with van der Waals surface area (Å²) >= 11 is 0. The first-order chi connectivity index (χ1) is 7.15. The number of amides is 1. The van der Waals surface area contributed by atoms with E-state index in [0.717, 1.165) is 12.8 Å². The van der Waals surface area contributed by atoms with Crippen molar-refractivity contribution in [1.29, 1.82) is 0 Å². The van der Waals surface area contributed by atoms with Gasteiger partial charge in [0.1, 0.15) is 6.10 Å². The van der Waals surface area contributed by atoms with E-state index in [1.54, 1.807) is 4.90 Å². The van der Waals surface area contributed by atoms with Gasteiger partial charge in [-0.1, -0.05) is 0 Å². The van der Waals surface area contributed by atoms with Crippen LogP contribution in [0, 0.1) is 0 Å². The van der Waals surface area contributed by atoms with Crippen molar-refractivity contribution in [1.82, 2.24) is 4.90 Å². The summed E-state index contributed by atoms with van der Waals surface area (Å²) in [5, 5.41) is 28.5. The van der Waals surface area contributed by atoms with Crippen LogP contribution >= 0.6 is 0 Å². The van der Waals surface area contributed by atoms with Gasteiger partial charge in [0.15, 0.2) is 0 Å². The van der Waals surface area contributed by atoms with E-state index < -0.39 is 18.2 Å². The second kappa shape index (κ2) is 4.08. The van der Waals surface area contributed by atoms with E-state index in [1.165, 1.54) is 0 Å². The summed E-state index contributed by atoms with van der Waals surface area (Å²) in [6, 6.07) is -0.645. The van der Waals surface area contributed by atoms with E-state index in [2.05, 4.69) is 0 Å². The predicted octanol–water partition coefficient (Wildman–Crippen LogP) is -1.15. The molecule has 0 aromatic heterocycles. The summed E-state index contributed by atoms with van der Waals surface area (Å²) < 4.78 is 0. The molecule has 2 heterocycles. The normalized spacial score (nSPS) is 41.5. The van der Waals surface area contributed by atoms with Crippen LogP contribution in [0.4, 0.5) is 0 Å². The number of hydrogen-bond acceptors (Lipinski definition) is 4. The van der Waals surface area contributed by atoms with Crippen LogP contribution < -0.4 is 0 Å². The van der Waals surface area contributed by atoms with Crippen LogP contribution in [-0.4, -0.2) is 57.0 Å². The highest BCUT2D eigenvalue weighted by atomic mass is 16.3. The Morgan fingerprint density at radius 3 is 2.80 bits per heavy atom. The van der Waals surface area contributed by atoms with E-state index in [9.17, 15) is 20.1 Å². The van der Waals surface area contributed by atoms with Gasteiger partial charge in [0, 0.05) is 12.5 Å². The van der Waals surface area contributed by atoms with E-state index in [4.69, 9.17) is 0 Å². The molecule has 0 aliphatic carbocycles.